The Balaban J connectivity index is 2.08. The fourth-order valence-electron chi connectivity index (χ4n) is 5.21. The van der Waals surface area contributed by atoms with Crippen LogP contribution in [0.2, 0.25) is 0 Å². The highest BCUT2D eigenvalue weighted by atomic mass is 14.8. The second-order valence-electron chi connectivity index (χ2n) is 11.5. The molecule has 2 heteroatoms. The van der Waals surface area contributed by atoms with Gasteiger partial charge in [0.2, 0.25) is 0 Å². The summed E-state index contributed by atoms with van der Waals surface area (Å²) in [6, 6.07) is 13.4. The summed E-state index contributed by atoms with van der Waals surface area (Å²) < 4.78 is 0. The molecule has 0 spiro atoms. The summed E-state index contributed by atoms with van der Waals surface area (Å²) in [7, 11) is 0. The van der Waals surface area contributed by atoms with Gasteiger partial charge in [0.15, 0.2) is 0 Å². The first-order chi connectivity index (χ1) is 16.1. The molecule has 0 heterocycles. The van der Waals surface area contributed by atoms with E-state index in [0.29, 0.717) is 23.7 Å². The van der Waals surface area contributed by atoms with Crippen molar-refractivity contribution in [2.24, 2.45) is 15.4 Å². The van der Waals surface area contributed by atoms with Crippen LogP contribution in [0.15, 0.2) is 46.4 Å². The van der Waals surface area contributed by atoms with Crippen molar-refractivity contribution in [1.82, 2.24) is 0 Å². The molecule has 0 saturated heterocycles. The standard InChI is InChI=1S/C32H46N2/c1-22(2)26-14-12-15-27(23(3)4)30(26)33-20-32(18-10-9-11-19-32)21-34-31-28(24(5)6)16-13-17-29(31)25(7)8/h12-17,20-25H,9-11,18-19H2,1-8H3. The summed E-state index contributed by atoms with van der Waals surface area (Å²) >= 11 is 0. The lowest BCUT2D eigenvalue weighted by atomic mass is 9.75. The molecule has 34 heavy (non-hydrogen) atoms. The first kappa shape index (κ1) is 26.4. The van der Waals surface area contributed by atoms with Crippen LogP contribution in [0.4, 0.5) is 11.4 Å². The number of hydrogen-bond acceptors (Lipinski definition) is 2. The van der Waals surface area contributed by atoms with Gasteiger partial charge in [-0.2, -0.15) is 0 Å². The minimum Gasteiger partial charge on any atom is -0.260 e. The zero-order chi connectivity index (χ0) is 24.9. The van der Waals surface area contributed by atoms with Crippen molar-refractivity contribution in [3.8, 4) is 0 Å². The van der Waals surface area contributed by atoms with E-state index in [9.17, 15) is 0 Å². The Morgan fingerprint density at radius 1 is 0.559 bits per heavy atom. The fraction of sp³-hybridized carbons (Fsp3) is 0.562. The predicted octanol–water partition coefficient (Wildman–Crippen LogP) is 10.2. The van der Waals surface area contributed by atoms with Crippen molar-refractivity contribution in [2.75, 3.05) is 0 Å². The molecule has 184 valence electrons. The number of benzene rings is 2. The van der Waals surface area contributed by atoms with Crippen LogP contribution in [0, 0.1) is 5.41 Å². The second-order valence-corrected chi connectivity index (χ2v) is 11.5. The number of para-hydroxylation sites is 2. The Kier molecular flexibility index (Phi) is 8.90. The number of aliphatic imine (C=N–C) groups is 2. The van der Waals surface area contributed by atoms with Crippen LogP contribution in [-0.2, 0) is 0 Å². The molecular weight excluding hydrogens is 412 g/mol. The molecule has 0 aromatic heterocycles. The molecule has 2 nitrogen and oxygen atoms in total. The van der Waals surface area contributed by atoms with Gasteiger partial charge < -0.3 is 0 Å². The molecule has 0 aliphatic heterocycles. The molecule has 1 fully saturated rings. The predicted molar refractivity (Wildman–Crippen MR) is 151 cm³/mol. The number of nitrogens with zero attached hydrogens (tertiary/aromatic N) is 2. The van der Waals surface area contributed by atoms with Crippen molar-refractivity contribution in [1.29, 1.82) is 0 Å². The summed E-state index contributed by atoms with van der Waals surface area (Å²) in [5.74, 6) is 1.81. The van der Waals surface area contributed by atoms with Gasteiger partial charge in [-0.1, -0.05) is 111 Å². The van der Waals surface area contributed by atoms with Crippen LogP contribution in [0.3, 0.4) is 0 Å². The zero-order valence-corrected chi connectivity index (χ0v) is 22.9. The first-order valence-electron chi connectivity index (χ1n) is 13.5. The lowest BCUT2D eigenvalue weighted by Gasteiger charge is -2.30. The van der Waals surface area contributed by atoms with Gasteiger partial charge in [-0.3, -0.25) is 9.98 Å². The van der Waals surface area contributed by atoms with Gasteiger partial charge in [0, 0.05) is 17.8 Å². The zero-order valence-electron chi connectivity index (χ0n) is 22.9. The highest BCUT2D eigenvalue weighted by Gasteiger charge is 2.29. The van der Waals surface area contributed by atoms with Crippen molar-refractivity contribution >= 4 is 23.8 Å². The maximum atomic E-state index is 5.26. The van der Waals surface area contributed by atoms with Gasteiger partial charge >= 0.3 is 0 Å². The summed E-state index contributed by atoms with van der Waals surface area (Å²) in [4.78, 5) is 10.5. The topological polar surface area (TPSA) is 24.7 Å². The molecule has 0 bridgehead atoms. The monoisotopic (exact) mass is 458 g/mol. The van der Waals surface area contributed by atoms with Gasteiger partial charge in [0.25, 0.3) is 0 Å². The smallest absolute Gasteiger partial charge is 0.0695 e. The van der Waals surface area contributed by atoms with Crippen molar-refractivity contribution in [2.45, 2.75) is 111 Å². The van der Waals surface area contributed by atoms with E-state index in [-0.39, 0.29) is 5.41 Å². The Hall–Kier alpha value is -2.22. The minimum absolute atomic E-state index is 0.0745. The number of rotatable bonds is 8. The van der Waals surface area contributed by atoms with Gasteiger partial charge in [-0.15, -0.1) is 0 Å². The van der Waals surface area contributed by atoms with E-state index in [1.807, 2.05) is 0 Å². The SMILES string of the molecule is CC(C)c1cccc(C(C)C)c1N=CC1(C=Nc2c(C(C)C)cccc2C(C)C)CCCCC1. The molecule has 1 saturated carbocycles. The normalized spacial score (nSPS) is 16.7. The van der Waals surface area contributed by atoms with Crippen molar-refractivity contribution < 1.29 is 0 Å². The Morgan fingerprint density at radius 3 is 1.18 bits per heavy atom. The van der Waals surface area contributed by atoms with Crippen molar-refractivity contribution in [3.63, 3.8) is 0 Å². The molecule has 1 aliphatic rings. The highest BCUT2D eigenvalue weighted by molar-refractivity contribution is 5.92. The maximum Gasteiger partial charge on any atom is 0.0695 e. The molecule has 0 N–H and O–H groups in total. The molecule has 0 atom stereocenters. The largest absolute Gasteiger partial charge is 0.260 e. The van der Waals surface area contributed by atoms with Gasteiger partial charge in [-0.25, -0.2) is 0 Å². The third-order valence-corrected chi connectivity index (χ3v) is 7.37. The van der Waals surface area contributed by atoms with Gasteiger partial charge in [-0.05, 0) is 58.8 Å². The summed E-state index contributed by atoms with van der Waals surface area (Å²) in [6.45, 7) is 18.2. The average molecular weight is 459 g/mol. The van der Waals surface area contributed by atoms with Crippen LogP contribution in [-0.4, -0.2) is 12.4 Å². The van der Waals surface area contributed by atoms with Gasteiger partial charge in [0.1, 0.15) is 0 Å². The van der Waals surface area contributed by atoms with Crippen LogP contribution in [0.1, 0.15) is 133 Å². The summed E-state index contributed by atoms with van der Waals surface area (Å²) in [5, 5.41) is 0. The number of hydrogen-bond donors (Lipinski definition) is 0. The summed E-state index contributed by atoms with van der Waals surface area (Å²) in [6.07, 6.45) is 10.6. The van der Waals surface area contributed by atoms with Crippen molar-refractivity contribution in [3.05, 3.63) is 58.7 Å². The molecular formula is C32H46N2. The molecule has 2 aromatic carbocycles. The lowest BCUT2D eigenvalue weighted by Crippen LogP contribution is -2.27. The minimum atomic E-state index is -0.0745. The van der Waals surface area contributed by atoms with E-state index in [0.717, 1.165) is 12.8 Å². The van der Waals surface area contributed by atoms with E-state index >= 15 is 0 Å². The Bertz CT molecular complexity index is 874. The second kappa shape index (κ2) is 11.5. The van der Waals surface area contributed by atoms with E-state index < -0.39 is 0 Å². The quantitative estimate of drug-likeness (QED) is 0.351. The van der Waals surface area contributed by atoms with Crippen LogP contribution >= 0.6 is 0 Å². The molecule has 0 radical (unpaired) electrons. The third-order valence-electron chi connectivity index (χ3n) is 7.37. The highest BCUT2D eigenvalue weighted by Crippen LogP contribution is 2.40. The third kappa shape index (κ3) is 6.06. The molecule has 0 unspecified atom stereocenters. The maximum absolute atomic E-state index is 5.26. The van der Waals surface area contributed by atoms with Gasteiger partial charge in [0.05, 0.1) is 11.4 Å². The molecule has 2 aromatic rings. The van der Waals surface area contributed by atoms with Crippen LogP contribution < -0.4 is 0 Å². The molecule has 3 rings (SSSR count). The Morgan fingerprint density at radius 2 is 0.882 bits per heavy atom. The summed E-state index contributed by atoms with van der Waals surface area (Å²) in [5.41, 5.74) is 7.66. The average Bonchev–Trinajstić information content (AvgIpc) is 2.81. The fourth-order valence-corrected chi connectivity index (χ4v) is 5.21. The lowest BCUT2D eigenvalue weighted by molar-refractivity contribution is 0.388. The first-order valence-corrected chi connectivity index (χ1v) is 13.5. The molecule has 1 aliphatic carbocycles. The Labute approximate surface area is 209 Å². The van der Waals surface area contributed by atoms with Crippen LogP contribution in [0.5, 0.6) is 0 Å². The van der Waals surface area contributed by atoms with E-state index in [1.54, 1.807) is 0 Å². The van der Waals surface area contributed by atoms with Crippen LogP contribution in [0.25, 0.3) is 0 Å². The van der Waals surface area contributed by atoms with E-state index in [1.165, 1.54) is 52.9 Å². The van der Waals surface area contributed by atoms with E-state index in [2.05, 4.69) is 104 Å². The molecule has 0 amide bonds. The van der Waals surface area contributed by atoms with E-state index in [4.69, 9.17) is 9.98 Å².